The Morgan fingerprint density at radius 1 is 1.42 bits per heavy atom. The number of aryl methyl sites for hydroxylation is 1. The number of anilines is 1. The van der Waals surface area contributed by atoms with E-state index >= 15 is 0 Å². The fraction of sp³-hybridized carbons (Fsp3) is 0.429. The molecule has 0 spiro atoms. The van der Waals surface area contributed by atoms with Gasteiger partial charge in [-0.25, -0.2) is 0 Å². The van der Waals surface area contributed by atoms with Crippen molar-refractivity contribution in [1.29, 1.82) is 0 Å². The zero-order valence-electron chi connectivity index (χ0n) is 11.2. The quantitative estimate of drug-likeness (QED) is 0.886. The molecule has 1 heterocycles. The van der Waals surface area contributed by atoms with Crippen molar-refractivity contribution >= 4 is 17.6 Å². The third-order valence-electron chi connectivity index (χ3n) is 3.49. The van der Waals surface area contributed by atoms with Gasteiger partial charge in [0.15, 0.2) is 0 Å². The summed E-state index contributed by atoms with van der Waals surface area (Å²) in [6, 6.07) is 7.56. The molecule has 0 aromatic heterocycles. The molecule has 1 atom stereocenters. The highest BCUT2D eigenvalue weighted by Crippen LogP contribution is 2.25. The molecule has 0 saturated carbocycles. The van der Waals surface area contributed by atoms with Gasteiger partial charge in [0.25, 0.3) is 0 Å². The summed E-state index contributed by atoms with van der Waals surface area (Å²) in [4.78, 5) is 26.4. The Hall–Kier alpha value is -2.04. The van der Waals surface area contributed by atoms with E-state index in [1.807, 2.05) is 36.1 Å². The second kappa shape index (κ2) is 5.30. The minimum Gasteiger partial charge on any atom is -0.481 e. The van der Waals surface area contributed by atoms with Crippen LogP contribution in [-0.4, -0.2) is 48.1 Å². The summed E-state index contributed by atoms with van der Waals surface area (Å²) < 4.78 is 0. The maximum Gasteiger partial charge on any atom is 0.305 e. The van der Waals surface area contributed by atoms with Gasteiger partial charge in [-0.05, 0) is 18.6 Å². The lowest BCUT2D eigenvalue weighted by Crippen LogP contribution is -2.55. The number of carbonyl (C=O) groups excluding carboxylic acids is 1. The topological polar surface area (TPSA) is 60.9 Å². The number of aliphatic carboxylic acids is 1. The smallest absolute Gasteiger partial charge is 0.305 e. The maximum absolute atomic E-state index is 11.9. The van der Waals surface area contributed by atoms with Crippen LogP contribution in [0.15, 0.2) is 24.3 Å². The highest BCUT2D eigenvalue weighted by atomic mass is 16.4. The van der Waals surface area contributed by atoms with E-state index in [2.05, 4.69) is 0 Å². The van der Waals surface area contributed by atoms with Crippen molar-refractivity contribution < 1.29 is 14.7 Å². The Labute approximate surface area is 112 Å². The van der Waals surface area contributed by atoms with Crippen molar-refractivity contribution in [3.8, 4) is 0 Å². The largest absolute Gasteiger partial charge is 0.481 e. The van der Waals surface area contributed by atoms with Crippen LogP contribution in [0, 0.1) is 6.92 Å². The molecular weight excluding hydrogens is 244 g/mol. The van der Waals surface area contributed by atoms with Crippen LogP contribution in [0.2, 0.25) is 0 Å². The predicted octanol–water partition coefficient (Wildman–Crippen LogP) is 1.12. The van der Waals surface area contributed by atoms with E-state index in [9.17, 15) is 9.59 Å². The first-order chi connectivity index (χ1) is 8.99. The lowest BCUT2D eigenvalue weighted by Gasteiger charge is -2.41. The van der Waals surface area contributed by atoms with E-state index in [0.717, 1.165) is 11.3 Å². The molecule has 1 unspecified atom stereocenters. The second-order valence-electron chi connectivity index (χ2n) is 4.94. The van der Waals surface area contributed by atoms with Crippen molar-refractivity contribution in [3.05, 3.63) is 29.8 Å². The van der Waals surface area contributed by atoms with Crippen LogP contribution in [-0.2, 0) is 9.59 Å². The second-order valence-corrected chi connectivity index (χ2v) is 4.94. The number of para-hydroxylation sites is 1. The highest BCUT2D eigenvalue weighted by molar-refractivity contribution is 5.84. The van der Waals surface area contributed by atoms with Gasteiger partial charge in [-0.3, -0.25) is 9.59 Å². The van der Waals surface area contributed by atoms with Gasteiger partial charge in [-0.1, -0.05) is 18.2 Å². The van der Waals surface area contributed by atoms with Gasteiger partial charge in [0.2, 0.25) is 5.91 Å². The Morgan fingerprint density at radius 3 is 2.74 bits per heavy atom. The summed E-state index contributed by atoms with van der Waals surface area (Å²) in [7, 11) is 1.71. The third-order valence-corrected chi connectivity index (χ3v) is 3.49. The van der Waals surface area contributed by atoms with Crippen LogP contribution >= 0.6 is 0 Å². The molecule has 1 aromatic rings. The molecule has 5 nitrogen and oxygen atoms in total. The molecule has 102 valence electrons. The number of carbonyl (C=O) groups is 2. The van der Waals surface area contributed by atoms with Crippen molar-refractivity contribution in [1.82, 2.24) is 4.90 Å². The SMILES string of the molecule is Cc1ccccc1N1CC(=O)N(C)CC1CC(=O)O. The molecule has 19 heavy (non-hydrogen) atoms. The first-order valence-electron chi connectivity index (χ1n) is 6.27. The highest BCUT2D eigenvalue weighted by Gasteiger charge is 2.32. The number of nitrogens with zero attached hydrogens (tertiary/aromatic N) is 2. The molecule has 0 radical (unpaired) electrons. The fourth-order valence-electron chi connectivity index (χ4n) is 2.46. The van der Waals surface area contributed by atoms with Gasteiger partial charge in [0.05, 0.1) is 19.0 Å². The number of rotatable bonds is 3. The Kier molecular flexibility index (Phi) is 3.74. The van der Waals surface area contributed by atoms with E-state index in [-0.39, 0.29) is 24.9 Å². The first kappa shape index (κ1) is 13.4. The first-order valence-corrected chi connectivity index (χ1v) is 6.27. The summed E-state index contributed by atoms with van der Waals surface area (Å²) in [6.07, 6.45) is 0.0337. The van der Waals surface area contributed by atoms with Gasteiger partial charge in [-0.2, -0.15) is 0 Å². The molecule has 1 amide bonds. The van der Waals surface area contributed by atoms with Gasteiger partial charge < -0.3 is 14.9 Å². The standard InChI is InChI=1S/C14H18N2O3/c1-10-5-3-4-6-12(10)16-9-13(17)15(2)8-11(16)7-14(18)19/h3-6,11H,7-9H2,1-2H3,(H,18,19). The molecule has 0 bridgehead atoms. The molecule has 1 saturated heterocycles. The lowest BCUT2D eigenvalue weighted by molar-refractivity contribution is -0.139. The molecule has 1 aliphatic heterocycles. The summed E-state index contributed by atoms with van der Waals surface area (Å²) in [5.41, 5.74) is 1.99. The van der Waals surface area contributed by atoms with Crippen molar-refractivity contribution in [2.24, 2.45) is 0 Å². The average molecular weight is 262 g/mol. The van der Waals surface area contributed by atoms with Crippen LogP contribution in [0.3, 0.4) is 0 Å². The number of benzene rings is 1. The molecule has 2 rings (SSSR count). The zero-order chi connectivity index (χ0) is 14.0. The molecular formula is C14H18N2O3. The number of piperazine rings is 1. The number of hydrogen-bond donors (Lipinski definition) is 1. The summed E-state index contributed by atoms with van der Waals surface area (Å²) in [5.74, 6) is -0.823. The van der Waals surface area contributed by atoms with Crippen molar-refractivity contribution in [2.45, 2.75) is 19.4 Å². The van der Waals surface area contributed by atoms with E-state index in [4.69, 9.17) is 5.11 Å². The van der Waals surface area contributed by atoms with Gasteiger partial charge >= 0.3 is 5.97 Å². The van der Waals surface area contributed by atoms with Crippen LogP contribution < -0.4 is 4.90 Å². The van der Waals surface area contributed by atoms with Crippen LogP contribution in [0.1, 0.15) is 12.0 Å². The minimum atomic E-state index is -0.841. The third kappa shape index (κ3) is 2.86. The molecule has 0 aliphatic carbocycles. The molecule has 1 fully saturated rings. The summed E-state index contributed by atoms with van der Waals surface area (Å²) in [5, 5.41) is 9.02. The Morgan fingerprint density at radius 2 is 2.11 bits per heavy atom. The number of amides is 1. The number of carboxylic acid groups (broad SMARTS) is 1. The summed E-state index contributed by atoms with van der Waals surface area (Å²) in [6.45, 7) is 2.65. The van der Waals surface area contributed by atoms with Crippen LogP contribution in [0.4, 0.5) is 5.69 Å². The van der Waals surface area contributed by atoms with Gasteiger partial charge in [0.1, 0.15) is 0 Å². The molecule has 1 aromatic carbocycles. The average Bonchev–Trinajstić information content (AvgIpc) is 2.34. The normalized spacial score (nSPS) is 19.7. The molecule has 1 aliphatic rings. The summed E-state index contributed by atoms with van der Waals surface area (Å²) >= 11 is 0. The number of carboxylic acids is 1. The zero-order valence-corrected chi connectivity index (χ0v) is 11.2. The number of likely N-dealkylation sites (N-methyl/N-ethyl adjacent to an activating group) is 1. The molecule has 5 heteroatoms. The minimum absolute atomic E-state index is 0.0184. The Balaban J connectivity index is 2.31. The van der Waals surface area contributed by atoms with Gasteiger partial charge in [-0.15, -0.1) is 0 Å². The van der Waals surface area contributed by atoms with Crippen LogP contribution in [0.25, 0.3) is 0 Å². The Bertz CT molecular complexity index is 501. The van der Waals surface area contributed by atoms with E-state index < -0.39 is 5.97 Å². The van der Waals surface area contributed by atoms with E-state index in [1.54, 1.807) is 11.9 Å². The monoisotopic (exact) mass is 262 g/mol. The van der Waals surface area contributed by atoms with Crippen molar-refractivity contribution in [3.63, 3.8) is 0 Å². The predicted molar refractivity (Wildman–Crippen MR) is 72.2 cm³/mol. The maximum atomic E-state index is 11.9. The molecule has 1 N–H and O–H groups in total. The van der Waals surface area contributed by atoms with E-state index in [1.165, 1.54) is 0 Å². The van der Waals surface area contributed by atoms with Gasteiger partial charge in [0, 0.05) is 19.3 Å². The van der Waals surface area contributed by atoms with E-state index in [0.29, 0.717) is 6.54 Å². The lowest BCUT2D eigenvalue weighted by atomic mass is 10.0. The number of hydrogen-bond acceptors (Lipinski definition) is 3. The fourth-order valence-corrected chi connectivity index (χ4v) is 2.46. The van der Waals surface area contributed by atoms with Crippen molar-refractivity contribution in [2.75, 3.05) is 25.0 Å². The van der Waals surface area contributed by atoms with Crippen LogP contribution in [0.5, 0.6) is 0 Å².